The average Bonchev–Trinajstić information content (AvgIpc) is 2.15. The van der Waals surface area contributed by atoms with Crippen LogP contribution in [0.25, 0.3) is 0 Å². The molecule has 0 saturated carbocycles. The molecule has 6 nitrogen and oxygen atoms in total. The van der Waals surface area contributed by atoms with E-state index in [1.807, 2.05) is 0 Å². The normalized spacial score (nSPS) is 10.3. The maximum atomic E-state index is 10.2. The molecule has 0 aromatic carbocycles. The Morgan fingerprint density at radius 2 is 0.938 bits per heavy atom. The Morgan fingerprint density at radius 3 is 1.12 bits per heavy atom. The van der Waals surface area contributed by atoms with E-state index in [2.05, 4.69) is 0 Å². The molecule has 0 saturated heterocycles. The summed E-state index contributed by atoms with van der Waals surface area (Å²) in [4.78, 5) is 30.7. The van der Waals surface area contributed by atoms with E-state index in [1.54, 1.807) is 0 Å². The first-order valence-electron chi connectivity index (χ1n) is 4.73. The first-order chi connectivity index (χ1) is 7.41. The summed E-state index contributed by atoms with van der Waals surface area (Å²) in [5, 5.41) is 30.7. The SMILES string of the molecule is O=C([O-])CCP(CCC(=O)[O-])CCC(=O)[O-]. The molecule has 16 heavy (non-hydrogen) atoms. The number of hydrogen-bond donors (Lipinski definition) is 0. The monoisotopic (exact) mass is 247 g/mol. The third-order valence-corrected chi connectivity index (χ3v) is 4.46. The van der Waals surface area contributed by atoms with Crippen molar-refractivity contribution in [2.75, 3.05) is 18.5 Å². The van der Waals surface area contributed by atoms with Gasteiger partial charge in [-0.1, -0.05) is 0 Å². The summed E-state index contributed by atoms with van der Waals surface area (Å²) in [6.07, 6.45) is 0.304. The molecular weight excluding hydrogens is 235 g/mol. The zero-order valence-corrected chi connectivity index (χ0v) is 9.53. The Labute approximate surface area is 94.0 Å². The van der Waals surface area contributed by atoms with E-state index >= 15 is 0 Å². The molecule has 0 bridgehead atoms. The van der Waals surface area contributed by atoms with E-state index in [0.717, 1.165) is 0 Å². The third kappa shape index (κ3) is 9.40. The summed E-state index contributed by atoms with van der Waals surface area (Å²) < 4.78 is 0. The van der Waals surface area contributed by atoms with Crippen LogP contribution in [0.5, 0.6) is 0 Å². The summed E-state index contributed by atoms with van der Waals surface area (Å²) in [7, 11) is -0.921. The second-order valence-electron chi connectivity index (χ2n) is 3.21. The number of carboxylic acid groups (broad SMARTS) is 3. The zero-order chi connectivity index (χ0) is 12.6. The van der Waals surface area contributed by atoms with Gasteiger partial charge in [0.2, 0.25) is 0 Å². The number of carbonyl (C=O) groups is 3. The highest BCUT2D eigenvalue weighted by molar-refractivity contribution is 7.57. The third-order valence-electron chi connectivity index (χ3n) is 1.90. The van der Waals surface area contributed by atoms with Gasteiger partial charge in [-0.05, 0) is 37.7 Å². The van der Waals surface area contributed by atoms with Crippen molar-refractivity contribution in [3.05, 3.63) is 0 Å². The van der Waals surface area contributed by atoms with Gasteiger partial charge in [0.25, 0.3) is 0 Å². The minimum Gasteiger partial charge on any atom is -0.550 e. The van der Waals surface area contributed by atoms with Crippen molar-refractivity contribution in [2.45, 2.75) is 19.3 Å². The van der Waals surface area contributed by atoms with Crippen LogP contribution in [0.15, 0.2) is 0 Å². The maximum Gasteiger partial charge on any atom is 0.0417 e. The Balaban J connectivity index is 3.98. The largest absolute Gasteiger partial charge is 0.550 e. The summed E-state index contributed by atoms with van der Waals surface area (Å²) in [6, 6.07) is 0. The van der Waals surface area contributed by atoms with Gasteiger partial charge < -0.3 is 29.7 Å². The Kier molecular flexibility index (Phi) is 7.46. The Morgan fingerprint density at radius 1 is 0.688 bits per heavy atom. The number of hydrogen-bond acceptors (Lipinski definition) is 6. The molecule has 0 N–H and O–H groups in total. The lowest BCUT2D eigenvalue weighted by molar-refractivity contribution is -0.306. The standard InChI is InChI=1S/C9H15O6P/c10-7(11)1-4-16(5-2-8(12)13)6-3-9(14)15/h1-6H2,(H,10,11)(H,12,13)(H,14,15)/p-3. The van der Waals surface area contributed by atoms with Crippen LogP contribution in [0, 0.1) is 0 Å². The molecule has 0 amide bonds. The molecule has 7 heteroatoms. The van der Waals surface area contributed by atoms with Crippen LogP contribution in [-0.2, 0) is 14.4 Å². The van der Waals surface area contributed by atoms with Gasteiger partial charge in [0.1, 0.15) is 0 Å². The lowest BCUT2D eigenvalue weighted by atomic mass is 10.5. The second kappa shape index (κ2) is 8.05. The fourth-order valence-corrected chi connectivity index (χ4v) is 3.25. The van der Waals surface area contributed by atoms with Crippen molar-refractivity contribution in [1.29, 1.82) is 0 Å². The van der Waals surface area contributed by atoms with Gasteiger partial charge in [-0.3, -0.25) is 0 Å². The predicted octanol–water partition coefficient (Wildman–Crippen LogP) is -3.11. The lowest BCUT2D eigenvalue weighted by Gasteiger charge is -2.18. The highest BCUT2D eigenvalue weighted by Gasteiger charge is 2.08. The molecule has 0 aromatic heterocycles. The molecule has 0 radical (unpaired) electrons. The molecule has 0 fully saturated rings. The first kappa shape index (κ1) is 14.8. The van der Waals surface area contributed by atoms with Crippen LogP contribution < -0.4 is 15.3 Å². The number of carboxylic acids is 3. The minimum atomic E-state index is -1.21. The van der Waals surface area contributed by atoms with Crippen molar-refractivity contribution in [1.82, 2.24) is 0 Å². The van der Waals surface area contributed by atoms with Gasteiger partial charge in [0.05, 0.1) is 0 Å². The molecule has 0 unspecified atom stereocenters. The van der Waals surface area contributed by atoms with Crippen molar-refractivity contribution in [3.63, 3.8) is 0 Å². The molecular formula is C9H12O6P-3. The fourth-order valence-electron chi connectivity index (χ4n) is 1.08. The van der Waals surface area contributed by atoms with Gasteiger partial charge in [-0.25, -0.2) is 0 Å². The van der Waals surface area contributed by atoms with E-state index in [1.165, 1.54) is 0 Å². The molecule has 0 aliphatic heterocycles. The van der Waals surface area contributed by atoms with Crippen LogP contribution in [0.4, 0.5) is 0 Å². The molecule has 92 valence electrons. The van der Waals surface area contributed by atoms with Crippen molar-refractivity contribution in [3.8, 4) is 0 Å². The van der Waals surface area contributed by atoms with E-state index in [4.69, 9.17) is 0 Å². The Hall–Kier alpha value is -1.16. The summed E-state index contributed by atoms with van der Waals surface area (Å²) in [5.41, 5.74) is 0. The topological polar surface area (TPSA) is 120 Å². The van der Waals surface area contributed by atoms with Crippen LogP contribution >= 0.6 is 7.92 Å². The highest BCUT2D eigenvalue weighted by Crippen LogP contribution is 2.37. The second-order valence-corrected chi connectivity index (χ2v) is 5.89. The van der Waals surface area contributed by atoms with Crippen LogP contribution in [0.1, 0.15) is 19.3 Å². The van der Waals surface area contributed by atoms with Crippen molar-refractivity contribution < 1.29 is 29.7 Å². The molecule has 0 heterocycles. The van der Waals surface area contributed by atoms with Gasteiger partial charge in [0, 0.05) is 17.9 Å². The van der Waals surface area contributed by atoms with Gasteiger partial charge in [-0.2, -0.15) is 0 Å². The minimum absolute atomic E-state index is 0.175. The average molecular weight is 247 g/mol. The summed E-state index contributed by atoms with van der Waals surface area (Å²) in [6.45, 7) is 0. The molecule has 0 aliphatic carbocycles. The van der Waals surface area contributed by atoms with E-state index < -0.39 is 25.8 Å². The predicted molar refractivity (Wildman–Crippen MR) is 50.4 cm³/mol. The van der Waals surface area contributed by atoms with E-state index in [0.29, 0.717) is 0 Å². The van der Waals surface area contributed by atoms with Gasteiger partial charge in [-0.15, -0.1) is 7.92 Å². The van der Waals surface area contributed by atoms with Crippen LogP contribution in [-0.4, -0.2) is 36.4 Å². The molecule has 0 rings (SSSR count). The Bertz CT molecular complexity index is 222. The first-order valence-corrected chi connectivity index (χ1v) is 6.63. The number of rotatable bonds is 9. The number of aliphatic carboxylic acids is 3. The summed E-state index contributed by atoms with van der Waals surface area (Å²) >= 11 is 0. The number of carbonyl (C=O) groups excluding carboxylic acids is 3. The molecule has 0 aliphatic rings. The zero-order valence-electron chi connectivity index (χ0n) is 8.64. The van der Waals surface area contributed by atoms with Gasteiger partial charge >= 0.3 is 0 Å². The fraction of sp³-hybridized carbons (Fsp3) is 0.667. The van der Waals surface area contributed by atoms with Crippen molar-refractivity contribution in [2.24, 2.45) is 0 Å². The molecule has 0 spiro atoms. The van der Waals surface area contributed by atoms with Gasteiger partial charge in [0.15, 0.2) is 0 Å². The maximum absolute atomic E-state index is 10.2. The lowest BCUT2D eigenvalue weighted by Crippen LogP contribution is -2.26. The quantitative estimate of drug-likeness (QED) is 0.397. The van der Waals surface area contributed by atoms with E-state index in [-0.39, 0.29) is 37.7 Å². The molecule has 0 atom stereocenters. The summed E-state index contributed by atoms with van der Waals surface area (Å²) in [5.74, 6) is -3.64. The van der Waals surface area contributed by atoms with Crippen LogP contribution in [0.2, 0.25) is 0 Å². The van der Waals surface area contributed by atoms with Crippen molar-refractivity contribution >= 4 is 25.8 Å². The van der Waals surface area contributed by atoms with E-state index in [9.17, 15) is 29.7 Å². The highest BCUT2D eigenvalue weighted by atomic mass is 31.1. The smallest absolute Gasteiger partial charge is 0.0417 e. The molecule has 0 aromatic rings. The van der Waals surface area contributed by atoms with Crippen LogP contribution in [0.3, 0.4) is 0 Å².